The van der Waals surface area contributed by atoms with Gasteiger partial charge in [0.2, 0.25) is 0 Å². The molecule has 0 fully saturated rings. The van der Waals surface area contributed by atoms with Crippen LogP contribution >= 0.6 is 0 Å². The van der Waals surface area contributed by atoms with E-state index in [0.717, 1.165) is 5.75 Å². The number of anilines is 1. The molecular weight excluding hydrogens is 242 g/mol. The van der Waals surface area contributed by atoms with Gasteiger partial charge in [-0.15, -0.1) is 0 Å². The Morgan fingerprint density at radius 3 is 2.84 bits per heavy atom. The molecule has 100 valence electrons. The minimum Gasteiger partial charge on any atom is -0.493 e. The molecule has 0 bridgehead atoms. The van der Waals surface area contributed by atoms with Crippen molar-refractivity contribution in [3.05, 3.63) is 48.4 Å². The topological polar surface area (TPSA) is 51.5 Å². The molecule has 4 heteroatoms. The second kappa shape index (κ2) is 6.09. The lowest BCUT2D eigenvalue weighted by Gasteiger charge is -2.10. The number of hydrogen-bond donors (Lipinski definition) is 1. The van der Waals surface area contributed by atoms with Crippen molar-refractivity contribution in [2.24, 2.45) is 5.92 Å². The highest BCUT2D eigenvalue weighted by Crippen LogP contribution is 2.18. The molecule has 0 radical (unpaired) electrons. The minimum absolute atomic E-state index is 0.272. The Balaban J connectivity index is 2.01. The van der Waals surface area contributed by atoms with E-state index in [4.69, 9.17) is 9.15 Å². The molecule has 2 rings (SSSR count). The third-order valence-electron chi connectivity index (χ3n) is 2.42. The molecule has 1 amide bonds. The lowest BCUT2D eigenvalue weighted by atomic mass is 10.2. The third kappa shape index (κ3) is 3.88. The number of hydrogen-bond acceptors (Lipinski definition) is 3. The first-order chi connectivity index (χ1) is 9.15. The second-order valence-electron chi connectivity index (χ2n) is 4.66. The van der Waals surface area contributed by atoms with Crippen LogP contribution in [0.5, 0.6) is 5.75 Å². The average molecular weight is 259 g/mol. The van der Waals surface area contributed by atoms with Crippen molar-refractivity contribution in [3.63, 3.8) is 0 Å². The predicted octanol–water partition coefficient (Wildman–Crippen LogP) is 3.57. The van der Waals surface area contributed by atoms with E-state index in [1.165, 1.54) is 6.26 Å². The molecule has 0 aliphatic carbocycles. The Kier molecular flexibility index (Phi) is 4.23. The van der Waals surface area contributed by atoms with Crippen LogP contribution in [0.25, 0.3) is 0 Å². The Hall–Kier alpha value is -2.23. The standard InChI is InChI=1S/C15H17NO3/c1-11(2)10-19-13-6-3-5-12(9-13)16-15(17)14-7-4-8-18-14/h3-9,11H,10H2,1-2H3,(H,16,17). The fourth-order valence-corrected chi connectivity index (χ4v) is 1.53. The van der Waals surface area contributed by atoms with Crippen molar-refractivity contribution in [1.29, 1.82) is 0 Å². The van der Waals surface area contributed by atoms with Crippen LogP contribution in [-0.2, 0) is 0 Å². The highest BCUT2D eigenvalue weighted by atomic mass is 16.5. The van der Waals surface area contributed by atoms with E-state index in [1.54, 1.807) is 18.2 Å². The van der Waals surface area contributed by atoms with Crippen LogP contribution in [-0.4, -0.2) is 12.5 Å². The molecule has 2 aromatic rings. The van der Waals surface area contributed by atoms with E-state index in [9.17, 15) is 4.79 Å². The van der Waals surface area contributed by atoms with Crippen LogP contribution in [0.2, 0.25) is 0 Å². The van der Waals surface area contributed by atoms with Gasteiger partial charge in [-0.3, -0.25) is 4.79 Å². The van der Waals surface area contributed by atoms with E-state index in [-0.39, 0.29) is 11.7 Å². The quantitative estimate of drug-likeness (QED) is 0.893. The van der Waals surface area contributed by atoms with Crippen LogP contribution in [0.1, 0.15) is 24.4 Å². The molecule has 0 aliphatic rings. The number of nitrogens with one attached hydrogen (secondary N) is 1. The summed E-state index contributed by atoms with van der Waals surface area (Å²) in [6.07, 6.45) is 1.47. The molecule has 1 heterocycles. The number of benzene rings is 1. The summed E-state index contributed by atoms with van der Waals surface area (Å²) >= 11 is 0. The summed E-state index contributed by atoms with van der Waals surface area (Å²) in [5, 5.41) is 2.76. The summed E-state index contributed by atoms with van der Waals surface area (Å²) in [7, 11) is 0. The molecule has 1 aromatic carbocycles. The summed E-state index contributed by atoms with van der Waals surface area (Å²) in [5.41, 5.74) is 0.683. The van der Waals surface area contributed by atoms with E-state index < -0.39 is 0 Å². The molecule has 4 nitrogen and oxygen atoms in total. The van der Waals surface area contributed by atoms with Crippen molar-refractivity contribution in [2.75, 3.05) is 11.9 Å². The number of furan rings is 1. The van der Waals surface area contributed by atoms with Gasteiger partial charge in [0.15, 0.2) is 5.76 Å². The second-order valence-corrected chi connectivity index (χ2v) is 4.66. The zero-order chi connectivity index (χ0) is 13.7. The maximum absolute atomic E-state index is 11.8. The molecule has 0 aliphatic heterocycles. The molecule has 0 saturated carbocycles. The van der Waals surface area contributed by atoms with Gasteiger partial charge in [0.1, 0.15) is 5.75 Å². The number of rotatable bonds is 5. The summed E-state index contributed by atoms with van der Waals surface area (Å²) in [6.45, 7) is 4.82. The summed E-state index contributed by atoms with van der Waals surface area (Å²) in [4.78, 5) is 11.8. The average Bonchev–Trinajstić information content (AvgIpc) is 2.91. The predicted molar refractivity (Wildman–Crippen MR) is 73.4 cm³/mol. The lowest BCUT2D eigenvalue weighted by Crippen LogP contribution is -2.11. The van der Waals surface area contributed by atoms with Crippen LogP contribution in [0.15, 0.2) is 47.1 Å². The van der Waals surface area contributed by atoms with E-state index in [0.29, 0.717) is 18.2 Å². The van der Waals surface area contributed by atoms with E-state index in [2.05, 4.69) is 19.2 Å². The third-order valence-corrected chi connectivity index (χ3v) is 2.42. The summed E-state index contributed by atoms with van der Waals surface area (Å²) < 4.78 is 10.6. The monoisotopic (exact) mass is 259 g/mol. The molecule has 0 saturated heterocycles. The fourth-order valence-electron chi connectivity index (χ4n) is 1.53. The maximum atomic E-state index is 11.8. The molecule has 1 aromatic heterocycles. The highest BCUT2D eigenvalue weighted by molar-refractivity contribution is 6.02. The molecule has 0 unspecified atom stereocenters. The van der Waals surface area contributed by atoms with Gasteiger partial charge in [0.25, 0.3) is 5.91 Å². The lowest BCUT2D eigenvalue weighted by molar-refractivity contribution is 0.0996. The molecule has 0 atom stereocenters. The van der Waals surface area contributed by atoms with E-state index in [1.807, 2.05) is 18.2 Å². The summed E-state index contributed by atoms with van der Waals surface area (Å²) in [6, 6.07) is 10.6. The van der Waals surface area contributed by atoms with Gasteiger partial charge in [-0.1, -0.05) is 19.9 Å². The minimum atomic E-state index is -0.272. The maximum Gasteiger partial charge on any atom is 0.291 e. The first-order valence-corrected chi connectivity index (χ1v) is 6.23. The normalized spacial score (nSPS) is 10.5. The number of ether oxygens (including phenoxy) is 1. The van der Waals surface area contributed by atoms with Crippen LogP contribution < -0.4 is 10.1 Å². The van der Waals surface area contributed by atoms with Crippen molar-refractivity contribution in [1.82, 2.24) is 0 Å². The van der Waals surface area contributed by atoms with Gasteiger partial charge >= 0.3 is 0 Å². The zero-order valence-electron chi connectivity index (χ0n) is 11.1. The van der Waals surface area contributed by atoms with Gasteiger partial charge in [-0.05, 0) is 30.2 Å². The van der Waals surface area contributed by atoms with Crippen molar-refractivity contribution < 1.29 is 13.9 Å². The Labute approximate surface area is 112 Å². The van der Waals surface area contributed by atoms with E-state index >= 15 is 0 Å². The van der Waals surface area contributed by atoms with Crippen molar-refractivity contribution in [2.45, 2.75) is 13.8 Å². The van der Waals surface area contributed by atoms with Crippen molar-refractivity contribution in [3.8, 4) is 5.75 Å². The van der Waals surface area contributed by atoms with Crippen LogP contribution in [0, 0.1) is 5.92 Å². The molecular formula is C15H17NO3. The first kappa shape index (κ1) is 13.2. The SMILES string of the molecule is CC(C)COc1cccc(NC(=O)c2ccco2)c1. The Morgan fingerprint density at radius 2 is 2.16 bits per heavy atom. The van der Waals surface area contributed by atoms with Gasteiger partial charge in [0.05, 0.1) is 12.9 Å². The number of carbonyl (C=O) groups is 1. The zero-order valence-corrected chi connectivity index (χ0v) is 11.1. The van der Waals surface area contributed by atoms with Crippen molar-refractivity contribution >= 4 is 11.6 Å². The van der Waals surface area contributed by atoms with Gasteiger partial charge in [-0.2, -0.15) is 0 Å². The molecule has 0 spiro atoms. The highest BCUT2D eigenvalue weighted by Gasteiger charge is 2.09. The molecule has 19 heavy (non-hydrogen) atoms. The van der Waals surface area contributed by atoms with Gasteiger partial charge in [0, 0.05) is 11.8 Å². The summed E-state index contributed by atoms with van der Waals surface area (Å²) in [5.74, 6) is 1.21. The molecule has 1 N–H and O–H groups in total. The Bertz CT molecular complexity index is 532. The Morgan fingerprint density at radius 1 is 1.32 bits per heavy atom. The van der Waals surface area contributed by atoms with Crippen LogP contribution in [0.3, 0.4) is 0 Å². The fraction of sp³-hybridized carbons (Fsp3) is 0.267. The first-order valence-electron chi connectivity index (χ1n) is 6.23. The largest absolute Gasteiger partial charge is 0.493 e. The van der Waals surface area contributed by atoms with Crippen LogP contribution in [0.4, 0.5) is 5.69 Å². The van der Waals surface area contributed by atoms with Gasteiger partial charge in [-0.25, -0.2) is 0 Å². The number of amides is 1. The smallest absolute Gasteiger partial charge is 0.291 e. The number of carbonyl (C=O) groups excluding carboxylic acids is 1. The van der Waals surface area contributed by atoms with Gasteiger partial charge < -0.3 is 14.5 Å².